The van der Waals surface area contributed by atoms with E-state index in [0.717, 1.165) is 28.8 Å². The number of carbonyl (C=O) groups excluding carboxylic acids is 2. The molecule has 2 N–H and O–H groups in total. The molecule has 0 saturated heterocycles. The molecule has 9 heteroatoms. The van der Waals surface area contributed by atoms with Gasteiger partial charge >= 0.3 is 0 Å². The Kier molecular flexibility index (Phi) is 5.55. The van der Waals surface area contributed by atoms with Gasteiger partial charge in [0.05, 0.1) is 44.8 Å². The molecule has 1 aliphatic carbocycles. The number of fused-ring (bicyclic) bond motifs is 1. The molecule has 0 spiro atoms. The zero-order valence-corrected chi connectivity index (χ0v) is 18.5. The first-order chi connectivity index (χ1) is 15.6. The lowest BCUT2D eigenvalue weighted by atomic mass is 9.79. The highest BCUT2D eigenvalue weighted by atomic mass is 32.2. The molecule has 160 valence electrons. The number of hydrogen-bond acceptors (Lipinski definition) is 8. The van der Waals surface area contributed by atoms with Gasteiger partial charge in [-0.3, -0.25) is 9.59 Å². The summed E-state index contributed by atoms with van der Waals surface area (Å²) < 4.78 is 6.59. The Bertz CT molecular complexity index is 1280. The number of allylic oxidation sites excluding steroid dienone is 3. The number of aromatic nitrogens is 1. The van der Waals surface area contributed by atoms with Crippen LogP contribution in [0.2, 0.25) is 0 Å². The summed E-state index contributed by atoms with van der Waals surface area (Å²) in [6.07, 6.45) is 3.48. The Balaban J connectivity index is 1.37. The van der Waals surface area contributed by atoms with Crippen LogP contribution in [0.15, 0.2) is 69.0 Å². The van der Waals surface area contributed by atoms with Crippen molar-refractivity contribution in [3.8, 4) is 6.07 Å². The lowest BCUT2D eigenvalue weighted by molar-refractivity contribution is -0.116. The zero-order valence-electron chi connectivity index (χ0n) is 16.9. The largest absolute Gasteiger partial charge is 0.468 e. The van der Waals surface area contributed by atoms with E-state index in [2.05, 4.69) is 21.7 Å². The Morgan fingerprint density at radius 2 is 2.19 bits per heavy atom. The van der Waals surface area contributed by atoms with Gasteiger partial charge in [-0.05, 0) is 37.1 Å². The number of amides is 1. The molecule has 0 fully saturated rings. The molecule has 32 heavy (non-hydrogen) atoms. The number of nitrogens with one attached hydrogen (secondary N) is 2. The van der Waals surface area contributed by atoms with Gasteiger partial charge in [0.2, 0.25) is 5.91 Å². The summed E-state index contributed by atoms with van der Waals surface area (Å²) >= 11 is 2.66. The number of ketones is 1. The fourth-order valence-electron chi connectivity index (χ4n) is 4.00. The fraction of sp³-hybridized carbons (Fsp3) is 0.217. The number of anilines is 1. The molecule has 0 unspecified atom stereocenters. The maximum atomic E-state index is 12.7. The van der Waals surface area contributed by atoms with Gasteiger partial charge in [-0.2, -0.15) is 5.26 Å². The van der Waals surface area contributed by atoms with E-state index in [-0.39, 0.29) is 17.4 Å². The summed E-state index contributed by atoms with van der Waals surface area (Å²) in [5.74, 6) is -0.0675. The number of benzene rings is 1. The highest BCUT2D eigenvalue weighted by molar-refractivity contribution is 8.03. The first-order valence-electron chi connectivity index (χ1n) is 10.1. The van der Waals surface area contributed by atoms with Gasteiger partial charge in [-0.25, -0.2) is 4.98 Å². The molecule has 5 rings (SSSR count). The van der Waals surface area contributed by atoms with E-state index in [4.69, 9.17) is 4.42 Å². The number of thiazole rings is 1. The van der Waals surface area contributed by atoms with Crippen molar-refractivity contribution in [2.75, 3.05) is 11.1 Å². The standard InChI is InChI=1S/C23H18N4O3S2/c24-11-13-20(17-8-4-10-30-17)21-15(6-3-7-16(21)28)25-22(13)31-12-19(29)27-23-26-14-5-1-2-9-18(14)32-23/h1-2,4-5,8-10,20,25H,3,6-7,12H2,(H,26,27,29)/t20-/m1/s1. The monoisotopic (exact) mass is 462 g/mol. The molecule has 3 aromatic rings. The van der Waals surface area contributed by atoms with Crippen LogP contribution in [0.25, 0.3) is 10.2 Å². The Labute approximate surface area is 192 Å². The molecule has 1 amide bonds. The zero-order chi connectivity index (χ0) is 22.1. The van der Waals surface area contributed by atoms with Crippen molar-refractivity contribution in [2.45, 2.75) is 25.2 Å². The third-order valence-electron chi connectivity index (χ3n) is 5.38. The Morgan fingerprint density at radius 3 is 2.97 bits per heavy atom. The molecule has 0 saturated carbocycles. The van der Waals surface area contributed by atoms with Crippen LogP contribution < -0.4 is 10.6 Å². The second-order valence-electron chi connectivity index (χ2n) is 7.42. The normalized spacial score (nSPS) is 18.3. The molecule has 0 bridgehead atoms. The highest BCUT2D eigenvalue weighted by Gasteiger charge is 2.38. The van der Waals surface area contributed by atoms with E-state index in [1.54, 1.807) is 12.1 Å². The van der Waals surface area contributed by atoms with E-state index in [0.29, 0.717) is 33.5 Å². The number of carbonyl (C=O) groups is 2. The predicted octanol–water partition coefficient (Wildman–Crippen LogP) is 4.69. The average Bonchev–Trinajstić information content (AvgIpc) is 3.46. The van der Waals surface area contributed by atoms with Gasteiger partial charge in [-0.15, -0.1) is 0 Å². The van der Waals surface area contributed by atoms with Crippen molar-refractivity contribution in [3.05, 3.63) is 70.3 Å². The number of Topliss-reactive ketones (excluding diaryl/α,β-unsaturated/α-hetero) is 1. The lowest BCUT2D eigenvalue weighted by Crippen LogP contribution is -2.31. The van der Waals surface area contributed by atoms with Crippen molar-refractivity contribution in [1.29, 1.82) is 5.26 Å². The van der Waals surface area contributed by atoms with Crippen LogP contribution in [0.3, 0.4) is 0 Å². The Morgan fingerprint density at radius 1 is 1.31 bits per heavy atom. The maximum absolute atomic E-state index is 12.7. The van der Waals surface area contributed by atoms with Crippen molar-refractivity contribution in [2.24, 2.45) is 0 Å². The summed E-state index contributed by atoms with van der Waals surface area (Å²) in [5.41, 5.74) is 2.65. The second-order valence-corrected chi connectivity index (χ2v) is 9.44. The average molecular weight is 463 g/mol. The van der Waals surface area contributed by atoms with Crippen LogP contribution in [0, 0.1) is 11.3 Å². The Hall–Kier alpha value is -3.35. The number of rotatable bonds is 5. The van der Waals surface area contributed by atoms with E-state index in [9.17, 15) is 14.9 Å². The van der Waals surface area contributed by atoms with Crippen LogP contribution in [0.5, 0.6) is 0 Å². The number of dihydropyridines is 1. The number of thioether (sulfide) groups is 1. The molecule has 1 aromatic carbocycles. The molecular weight excluding hydrogens is 444 g/mol. The minimum Gasteiger partial charge on any atom is -0.468 e. The third kappa shape index (κ3) is 3.83. The van der Waals surface area contributed by atoms with E-state index < -0.39 is 5.92 Å². The number of nitriles is 1. The van der Waals surface area contributed by atoms with Gasteiger partial charge in [0.1, 0.15) is 5.76 Å². The summed E-state index contributed by atoms with van der Waals surface area (Å²) in [6.45, 7) is 0. The number of para-hydroxylation sites is 1. The van der Waals surface area contributed by atoms with Crippen LogP contribution in [0.4, 0.5) is 5.13 Å². The maximum Gasteiger partial charge on any atom is 0.236 e. The minimum absolute atomic E-state index is 0.0329. The molecule has 0 radical (unpaired) electrons. The van der Waals surface area contributed by atoms with Gasteiger partial charge in [-0.1, -0.05) is 35.2 Å². The summed E-state index contributed by atoms with van der Waals surface area (Å²) in [7, 11) is 0. The van der Waals surface area contributed by atoms with Gasteiger partial charge in [0, 0.05) is 17.7 Å². The van der Waals surface area contributed by atoms with Crippen molar-refractivity contribution in [3.63, 3.8) is 0 Å². The van der Waals surface area contributed by atoms with Crippen molar-refractivity contribution >= 4 is 50.1 Å². The fourth-order valence-corrected chi connectivity index (χ4v) is 5.74. The summed E-state index contributed by atoms with van der Waals surface area (Å²) in [5, 5.41) is 17.2. The SMILES string of the molecule is N#CC1=C(SCC(=O)Nc2nc3ccccc3s2)NC2=C(C(=O)CCC2)[C@H]1c1ccco1. The summed E-state index contributed by atoms with van der Waals surface area (Å²) in [4.78, 5) is 29.7. The van der Waals surface area contributed by atoms with Gasteiger partial charge in [0.15, 0.2) is 10.9 Å². The van der Waals surface area contributed by atoms with Gasteiger partial charge < -0.3 is 15.1 Å². The smallest absolute Gasteiger partial charge is 0.236 e. The first-order valence-corrected chi connectivity index (χ1v) is 11.9. The van der Waals surface area contributed by atoms with E-state index >= 15 is 0 Å². The number of nitrogens with zero attached hydrogens (tertiary/aromatic N) is 2. The molecule has 2 aliphatic rings. The van der Waals surface area contributed by atoms with Crippen LogP contribution in [-0.2, 0) is 9.59 Å². The molecule has 3 heterocycles. The molecular formula is C23H18N4O3S2. The molecule has 1 atom stereocenters. The number of hydrogen-bond donors (Lipinski definition) is 2. The highest BCUT2D eigenvalue weighted by Crippen LogP contribution is 2.44. The van der Waals surface area contributed by atoms with E-state index in [1.807, 2.05) is 24.3 Å². The lowest BCUT2D eigenvalue weighted by Gasteiger charge is -2.32. The van der Waals surface area contributed by atoms with Crippen molar-refractivity contribution < 1.29 is 14.0 Å². The topological polar surface area (TPSA) is 108 Å². The van der Waals surface area contributed by atoms with E-state index in [1.165, 1.54) is 29.4 Å². The third-order valence-corrected chi connectivity index (χ3v) is 7.35. The van der Waals surface area contributed by atoms with Gasteiger partial charge in [0.25, 0.3) is 0 Å². The quantitative estimate of drug-likeness (QED) is 0.566. The van der Waals surface area contributed by atoms with Crippen molar-refractivity contribution in [1.82, 2.24) is 10.3 Å². The minimum atomic E-state index is -0.547. The second kappa shape index (κ2) is 8.65. The first kappa shape index (κ1) is 20.5. The van der Waals surface area contributed by atoms with Crippen LogP contribution >= 0.6 is 23.1 Å². The summed E-state index contributed by atoms with van der Waals surface area (Å²) in [6, 6.07) is 13.5. The molecule has 1 aliphatic heterocycles. The molecule has 2 aromatic heterocycles. The van der Waals surface area contributed by atoms with Crippen LogP contribution in [0.1, 0.15) is 30.9 Å². The number of furan rings is 1. The van der Waals surface area contributed by atoms with Crippen LogP contribution in [-0.4, -0.2) is 22.4 Å². The predicted molar refractivity (Wildman–Crippen MR) is 124 cm³/mol. The molecule has 7 nitrogen and oxygen atoms in total.